The summed E-state index contributed by atoms with van der Waals surface area (Å²) in [6.07, 6.45) is 0. The molecule has 0 aromatic heterocycles. The van der Waals surface area contributed by atoms with Crippen molar-refractivity contribution in [3.8, 4) is 0 Å². The minimum Gasteiger partial charge on any atom is -0.348 e. The van der Waals surface area contributed by atoms with E-state index in [1.807, 2.05) is 0 Å². The molecule has 0 spiro atoms. The van der Waals surface area contributed by atoms with Gasteiger partial charge in [0.1, 0.15) is 0 Å². The fraction of sp³-hybridized carbons (Fsp3) is 0.176. The van der Waals surface area contributed by atoms with Crippen molar-refractivity contribution in [3.63, 3.8) is 0 Å². The maximum absolute atomic E-state index is 13.2. The van der Waals surface area contributed by atoms with Gasteiger partial charge >= 0.3 is 0 Å². The van der Waals surface area contributed by atoms with Crippen LogP contribution >= 0.6 is 11.6 Å². The van der Waals surface area contributed by atoms with Crippen molar-refractivity contribution in [2.75, 3.05) is 6.54 Å². The number of nitrogens with one attached hydrogen (secondary N) is 2. The van der Waals surface area contributed by atoms with Crippen LogP contribution in [0.2, 0.25) is 5.02 Å². The Morgan fingerprint density at radius 1 is 1.12 bits per heavy atom. The third-order valence-electron chi connectivity index (χ3n) is 3.35. The summed E-state index contributed by atoms with van der Waals surface area (Å²) in [4.78, 5) is 23.8. The number of carbonyl (C=O) groups excluding carboxylic acids is 2. The van der Waals surface area contributed by atoms with E-state index < -0.39 is 29.5 Å². The summed E-state index contributed by atoms with van der Waals surface area (Å²) in [6.45, 7) is 1.36. The summed E-state index contributed by atoms with van der Waals surface area (Å²) < 4.78 is 26.1. The van der Waals surface area contributed by atoms with Crippen LogP contribution in [0, 0.1) is 11.6 Å². The highest BCUT2D eigenvalue weighted by molar-refractivity contribution is 6.33. The van der Waals surface area contributed by atoms with E-state index >= 15 is 0 Å². The van der Waals surface area contributed by atoms with E-state index in [9.17, 15) is 18.4 Å². The van der Waals surface area contributed by atoms with Crippen LogP contribution in [0.5, 0.6) is 0 Å². The Morgan fingerprint density at radius 2 is 1.83 bits per heavy atom. The average molecular weight is 353 g/mol. The molecule has 0 heterocycles. The summed E-state index contributed by atoms with van der Waals surface area (Å²) in [7, 11) is 0. The number of amides is 2. The van der Waals surface area contributed by atoms with Crippen molar-refractivity contribution in [2.45, 2.75) is 13.0 Å². The summed E-state index contributed by atoms with van der Waals surface area (Å²) in [6, 6.07) is 9.31. The first-order chi connectivity index (χ1) is 11.4. The largest absolute Gasteiger partial charge is 0.348 e. The minimum absolute atomic E-state index is 0.264. The molecule has 2 N–H and O–H groups in total. The number of hydrogen-bond acceptors (Lipinski definition) is 2. The van der Waals surface area contributed by atoms with Gasteiger partial charge in [0, 0.05) is 0 Å². The normalized spacial score (nSPS) is 11.7. The highest BCUT2D eigenvalue weighted by Gasteiger charge is 2.14. The molecule has 1 atom stereocenters. The second-order valence-electron chi connectivity index (χ2n) is 5.13. The molecule has 4 nitrogen and oxygen atoms in total. The molecule has 1 unspecified atom stereocenters. The Hall–Kier alpha value is -2.47. The van der Waals surface area contributed by atoms with E-state index in [1.165, 1.54) is 6.07 Å². The predicted molar refractivity (Wildman–Crippen MR) is 86.7 cm³/mol. The molecule has 0 radical (unpaired) electrons. The van der Waals surface area contributed by atoms with Gasteiger partial charge in [-0.1, -0.05) is 29.8 Å². The van der Waals surface area contributed by atoms with Crippen LogP contribution in [0.4, 0.5) is 8.78 Å². The molecule has 0 aliphatic carbocycles. The molecule has 24 heavy (non-hydrogen) atoms. The third-order valence-corrected chi connectivity index (χ3v) is 3.68. The van der Waals surface area contributed by atoms with Gasteiger partial charge in [-0.2, -0.15) is 0 Å². The molecule has 0 saturated carbocycles. The molecule has 0 bridgehead atoms. The van der Waals surface area contributed by atoms with Crippen LogP contribution in [0.1, 0.15) is 28.9 Å². The Kier molecular flexibility index (Phi) is 5.87. The standard InChI is InChI=1S/C17H15ClF2N2O2/c1-10(11-6-7-14(19)15(20)8-11)22-16(23)9-21-17(24)12-4-2-3-5-13(12)18/h2-8,10H,9H2,1H3,(H,21,24)(H,22,23). The second-order valence-corrected chi connectivity index (χ2v) is 5.53. The molecule has 2 aromatic rings. The lowest BCUT2D eigenvalue weighted by atomic mass is 10.1. The zero-order chi connectivity index (χ0) is 17.7. The average Bonchev–Trinajstić information content (AvgIpc) is 2.55. The summed E-state index contributed by atoms with van der Waals surface area (Å²) in [5, 5.41) is 5.32. The van der Waals surface area contributed by atoms with Gasteiger partial charge in [-0.25, -0.2) is 8.78 Å². The maximum Gasteiger partial charge on any atom is 0.253 e. The zero-order valence-electron chi connectivity index (χ0n) is 12.8. The first-order valence-electron chi connectivity index (χ1n) is 7.15. The molecule has 0 aliphatic rings. The number of rotatable bonds is 5. The van der Waals surface area contributed by atoms with Crippen LogP contribution in [-0.4, -0.2) is 18.4 Å². The van der Waals surface area contributed by atoms with Crippen molar-refractivity contribution in [3.05, 3.63) is 70.2 Å². The van der Waals surface area contributed by atoms with Gasteiger partial charge in [0.25, 0.3) is 5.91 Å². The topological polar surface area (TPSA) is 58.2 Å². The molecule has 7 heteroatoms. The molecular formula is C17H15ClF2N2O2. The zero-order valence-corrected chi connectivity index (χ0v) is 13.5. The van der Waals surface area contributed by atoms with Gasteiger partial charge in [0.05, 0.1) is 23.2 Å². The van der Waals surface area contributed by atoms with Gasteiger partial charge in [0.15, 0.2) is 11.6 Å². The fourth-order valence-corrected chi connectivity index (χ4v) is 2.28. The number of halogens is 3. The highest BCUT2D eigenvalue weighted by atomic mass is 35.5. The van der Waals surface area contributed by atoms with E-state index in [-0.39, 0.29) is 17.1 Å². The molecule has 2 aromatic carbocycles. The molecule has 0 saturated heterocycles. The quantitative estimate of drug-likeness (QED) is 0.868. The summed E-state index contributed by atoms with van der Waals surface area (Å²) >= 11 is 5.90. The van der Waals surface area contributed by atoms with E-state index in [2.05, 4.69) is 10.6 Å². The molecule has 2 rings (SSSR count). The Bertz CT molecular complexity index is 768. The van der Waals surface area contributed by atoms with Crippen LogP contribution in [-0.2, 0) is 4.79 Å². The van der Waals surface area contributed by atoms with Crippen LogP contribution < -0.4 is 10.6 Å². The van der Waals surface area contributed by atoms with Gasteiger partial charge in [0.2, 0.25) is 5.91 Å². The van der Waals surface area contributed by atoms with Crippen molar-refractivity contribution in [1.29, 1.82) is 0 Å². The van der Waals surface area contributed by atoms with Crippen LogP contribution in [0.25, 0.3) is 0 Å². The molecule has 0 aliphatic heterocycles. The fourth-order valence-electron chi connectivity index (χ4n) is 2.06. The number of benzene rings is 2. The third kappa shape index (κ3) is 4.52. The first kappa shape index (κ1) is 17.9. The molecule has 0 fully saturated rings. The molecule has 2 amide bonds. The van der Waals surface area contributed by atoms with E-state index in [4.69, 9.17) is 11.6 Å². The number of hydrogen-bond donors (Lipinski definition) is 2. The van der Waals surface area contributed by atoms with E-state index in [1.54, 1.807) is 31.2 Å². The lowest BCUT2D eigenvalue weighted by Gasteiger charge is -2.15. The summed E-state index contributed by atoms with van der Waals surface area (Å²) in [5.41, 5.74) is 0.681. The van der Waals surface area contributed by atoms with Crippen molar-refractivity contribution in [2.24, 2.45) is 0 Å². The molecule has 126 valence electrons. The monoisotopic (exact) mass is 352 g/mol. The van der Waals surface area contributed by atoms with E-state index in [0.29, 0.717) is 5.56 Å². The predicted octanol–water partition coefficient (Wildman–Crippen LogP) is 3.23. The lowest BCUT2D eigenvalue weighted by molar-refractivity contribution is -0.120. The minimum atomic E-state index is -0.986. The summed E-state index contributed by atoms with van der Waals surface area (Å²) in [5.74, 6) is -2.88. The van der Waals surface area contributed by atoms with Gasteiger partial charge in [-0.3, -0.25) is 9.59 Å². The smallest absolute Gasteiger partial charge is 0.253 e. The SMILES string of the molecule is CC(NC(=O)CNC(=O)c1ccccc1Cl)c1ccc(F)c(F)c1. The lowest BCUT2D eigenvalue weighted by Crippen LogP contribution is -2.38. The van der Waals surface area contributed by atoms with E-state index in [0.717, 1.165) is 12.1 Å². The molecular weight excluding hydrogens is 338 g/mol. The maximum atomic E-state index is 13.2. The van der Waals surface area contributed by atoms with Crippen LogP contribution in [0.15, 0.2) is 42.5 Å². The Labute approximate surface area is 142 Å². The highest BCUT2D eigenvalue weighted by Crippen LogP contribution is 2.16. The van der Waals surface area contributed by atoms with Gasteiger partial charge in [-0.15, -0.1) is 0 Å². The van der Waals surface area contributed by atoms with Crippen molar-refractivity contribution in [1.82, 2.24) is 10.6 Å². The second kappa shape index (κ2) is 7.88. The Balaban J connectivity index is 1.90. The Morgan fingerprint density at radius 3 is 2.50 bits per heavy atom. The van der Waals surface area contributed by atoms with Crippen LogP contribution in [0.3, 0.4) is 0 Å². The first-order valence-corrected chi connectivity index (χ1v) is 7.53. The number of carbonyl (C=O) groups is 2. The van der Waals surface area contributed by atoms with Gasteiger partial charge in [-0.05, 0) is 36.8 Å². The van der Waals surface area contributed by atoms with Crippen molar-refractivity contribution >= 4 is 23.4 Å². The van der Waals surface area contributed by atoms with Gasteiger partial charge < -0.3 is 10.6 Å². The van der Waals surface area contributed by atoms with Crippen molar-refractivity contribution < 1.29 is 18.4 Å².